The summed E-state index contributed by atoms with van der Waals surface area (Å²) in [6.07, 6.45) is 3.58. The van der Waals surface area contributed by atoms with E-state index in [1.165, 1.54) is 0 Å². The molecule has 0 spiro atoms. The van der Waals surface area contributed by atoms with Gasteiger partial charge in [0, 0.05) is 18.2 Å². The SMILES string of the molecule is CCCNC(=O)[C@H]1CCC[C@H]1NC(=O)c1ccc(OC)cc1. The summed E-state index contributed by atoms with van der Waals surface area (Å²) in [5.41, 5.74) is 0.584. The lowest BCUT2D eigenvalue weighted by Gasteiger charge is -2.20. The van der Waals surface area contributed by atoms with Gasteiger partial charge in [-0.2, -0.15) is 0 Å². The molecule has 1 aliphatic rings. The van der Waals surface area contributed by atoms with Gasteiger partial charge in [-0.1, -0.05) is 13.3 Å². The van der Waals surface area contributed by atoms with Crippen molar-refractivity contribution in [2.24, 2.45) is 5.92 Å². The zero-order valence-corrected chi connectivity index (χ0v) is 13.2. The highest BCUT2D eigenvalue weighted by Gasteiger charge is 2.33. The number of hydrogen-bond acceptors (Lipinski definition) is 3. The molecular weight excluding hydrogens is 280 g/mol. The minimum absolute atomic E-state index is 0.0550. The Bertz CT molecular complexity index is 513. The van der Waals surface area contributed by atoms with Crippen LogP contribution in [0.3, 0.4) is 0 Å². The van der Waals surface area contributed by atoms with Gasteiger partial charge in [-0.25, -0.2) is 0 Å². The third-order valence-electron chi connectivity index (χ3n) is 4.07. The molecule has 2 rings (SSSR count). The number of rotatable bonds is 6. The highest BCUT2D eigenvalue weighted by molar-refractivity contribution is 5.95. The van der Waals surface area contributed by atoms with E-state index in [0.29, 0.717) is 17.9 Å². The number of nitrogens with one attached hydrogen (secondary N) is 2. The van der Waals surface area contributed by atoms with Crippen LogP contribution in [0.25, 0.3) is 0 Å². The molecule has 0 aromatic heterocycles. The molecule has 1 aromatic carbocycles. The maximum Gasteiger partial charge on any atom is 0.251 e. The summed E-state index contributed by atoms with van der Waals surface area (Å²) >= 11 is 0. The quantitative estimate of drug-likeness (QED) is 0.846. The third-order valence-corrected chi connectivity index (χ3v) is 4.07. The van der Waals surface area contributed by atoms with Crippen molar-refractivity contribution in [3.8, 4) is 5.75 Å². The molecule has 5 nitrogen and oxygen atoms in total. The van der Waals surface area contributed by atoms with Crippen LogP contribution in [0.1, 0.15) is 43.0 Å². The number of carbonyl (C=O) groups excluding carboxylic acids is 2. The average Bonchev–Trinajstić information content (AvgIpc) is 3.00. The van der Waals surface area contributed by atoms with Crippen LogP contribution in [0.2, 0.25) is 0 Å². The standard InChI is InChI=1S/C17H24N2O3/c1-3-11-18-17(21)14-5-4-6-15(14)19-16(20)12-7-9-13(22-2)10-8-12/h7-10,14-15H,3-6,11H2,1-2H3,(H,18,21)(H,19,20)/t14-,15+/m0/s1. The number of methoxy groups -OCH3 is 1. The average molecular weight is 304 g/mol. The Morgan fingerprint density at radius 2 is 1.95 bits per heavy atom. The van der Waals surface area contributed by atoms with Crippen molar-refractivity contribution in [2.75, 3.05) is 13.7 Å². The van der Waals surface area contributed by atoms with Gasteiger partial charge < -0.3 is 15.4 Å². The first-order valence-electron chi connectivity index (χ1n) is 7.88. The van der Waals surface area contributed by atoms with E-state index in [-0.39, 0.29) is 23.8 Å². The second kappa shape index (κ2) is 7.82. The highest BCUT2D eigenvalue weighted by Crippen LogP contribution is 2.26. The Balaban J connectivity index is 1.95. The second-order valence-electron chi connectivity index (χ2n) is 5.64. The van der Waals surface area contributed by atoms with E-state index in [0.717, 1.165) is 25.7 Å². The van der Waals surface area contributed by atoms with E-state index in [9.17, 15) is 9.59 Å². The molecule has 0 aliphatic heterocycles. The van der Waals surface area contributed by atoms with Crippen LogP contribution in [0.4, 0.5) is 0 Å². The second-order valence-corrected chi connectivity index (χ2v) is 5.64. The molecule has 0 heterocycles. The van der Waals surface area contributed by atoms with Crippen molar-refractivity contribution in [1.82, 2.24) is 10.6 Å². The molecular formula is C17H24N2O3. The van der Waals surface area contributed by atoms with Crippen LogP contribution >= 0.6 is 0 Å². The first-order valence-corrected chi connectivity index (χ1v) is 7.88. The Labute approximate surface area is 131 Å². The molecule has 5 heteroatoms. The normalized spacial score (nSPS) is 20.5. The topological polar surface area (TPSA) is 67.4 Å². The Morgan fingerprint density at radius 1 is 1.23 bits per heavy atom. The molecule has 2 amide bonds. The monoisotopic (exact) mass is 304 g/mol. The fourth-order valence-corrected chi connectivity index (χ4v) is 2.82. The van der Waals surface area contributed by atoms with Gasteiger partial charge in [0.05, 0.1) is 13.0 Å². The van der Waals surface area contributed by atoms with Crippen LogP contribution in [-0.2, 0) is 4.79 Å². The predicted octanol–water partition coefficient (Wildman–Crippen LogP) is 2.12. The van der Waals surface area contributed by atoms with E-state index >= 15 is 0 Å². The summed E-state index contributed by atoms with van der Waals surface area (Å²) in [5, 5.41) is 5.93. The molecule has 1 fully saturated rings. The Kier molecular flexibility index (Phi) is 5.81. The molecule has 1 aromatic rings. The summed E-state index contributed by atoms with van der Waals surface area (Å²) in [6.45, 7) is 2.71. The van der Waals surface area contributed by atoms with Crippen LogP contribution in [-0.4, -0.2) is 31.5 Å². The van der Waals surface area contributed by atoms with E-state index in [4.69, 9.17) is 4.74 Å². The van der Waals surface area contributed by atoms with Crippen molar-refractivity contribution in [3.63, 3.8) is 0 Å². The van der Waals surface area contributed by atoms with E-state index < -0.39 is 0 Å². The number of benzene rings is 1. The van der Waals surface area contributed by atoms with Gasteiger partial charge in [-0.15, -0.1) is 0 Å². The zero-order valence-electron chi connectivity index (χ0n) is 13.2. The molecule has 2 N–H and O–H groups in total. The van der Waals surface area contributed by atoms with Gasteiger partial charge >= 0.3 is 0 Å². The van der Waals surface area contributed by atoms with Gasteiger partial charge in [-0.3, -0.25) is 9.59 Å². The summed E-state index contributed by atoms with van der Waals surface area (Å²) in [6, 6.07) is 6.90. The summed E-state index contributed by atoms with van der Waals surface area (Å²) in [4.78, 5) is 24.4. The van der Waals surface area contributed by atoms with Crippen LogP contribution in [0, 0.1) is 5.92 Å². The maximum absolute atomic E-state index is 12.3. The van der Waals surface area contributed by atoms with Crippen molar-refractivity contribution in [2.45, 2.75) is 38.6 Å². The Morgan fingerprint density at radius 3 is 2.59 bits per heavy atom. The molecule has 0 saturated heterocycles. The number of ether oxygens (including phenoxy) is 1. The van der Waals surface area contributed by atoms with Crippen LogP contribution in [0.5, 0.6) is 5.75 Å². The smallest absolute Gasteiger partial charge is 0.251 e. The van der Waals surface area contributed by atoms with Crippen LogP contribution < -0.4 is 15.4 Å². The summed E-state index contributed by atoms with van der Waals surface area (Å²) in [5.74, 6) is 0.519. The van der Waals surface area contributed by atoms with Crippen molar-refractivity contribution >= 4 is 11.8 Å². The minimum atomic E-state index is -0.136. The lowest BCUT2D eigenvalue weighted by Crippen LogP contribution is -2.44. The first-order chi connectivity index (χ1) is 10.7. The molecule has 120 valence electrons. The molecule has 1 saturated carbocycles. The van der Waals surface area contributed by atoms with Crippen molar-refractivity contribution < 1.29 is 14.3 Å². The molecule has 0 radical (unpaired) electrons. The largest absolute Gasteiger partial charge is 0.497 e. The lowest BCUT2D eigenvalue weighted by molar-refractivity contribution is -0.125. The molecule has 0 unspecified atom stereocenters. The first kappa shape index (κ1) is 16.3. The minimum Gasteiger partial charge on any atom is -0.497 e. The fourth-order valence-electron chi connectivity index (χ4n) is 2.82. The molecule has 1 aliphatic carbocycles. The third kappa shape index (κ3) is 4.00. The number of carbonyl (C=O) groups is 2. The van der Waals surface area contributed by atoms with Crippen molar-refractivity contribution in [3.05, 3.63) is 29.8 Å². The van der Waals surface area contributed by atoms with Crippen LogP contribution in [0.15, 0.2) is 24.3 Å². The van der Waals surface area contributed by atoms with Gasteiger partial charge in [-0.05, 0) is 43.5 Å². The van der Waals surface area contributed by atoms with E-state index in [1.54, 1.807) is 31.4 Å². The van der Waals surface area contributed by atoms with E-state index in [2.05, 4.69) is 10.6 Å². The summed E-state index contributed by atoms with van der Waals surface area (Å²) < 4.78 is 5.08. The number of hydrogen-bond donors (Lipinski definition) is 2. The predicted molar refractivity (Wildman–Crippen MR) is 84.9 cm³/mol. The van der Waals surface area contributed by atoms with Gasteiger partial charge in [0.2, 0.25) is 5.91 Å². The Hall–Kier alpha value is -2.04. The van der Waals surface area contributed by atoms with Gasteiger partial charge in [0.15, 0.2) is 0 Å². The zero-order chi connectivity index (χ0) is 15.9. The lowest BCUT2D eigenvalue weighted by atomic mass is 10.0. The number of amides is 2. The summed E-state index contributed by atoms with van der Waals surface area (Å²) in [7, 11) is 1.59. The van der Waals surface area contributed by atoms with E-state index in [1.807, 2.05) is 6.92 Å². The molecule has 0 bridgehead atoms. The molecule has 22 heavy (non-hydrogen) atoms. The van der Waals surface area contributed by atoms with Gasteiger partial charge in [0.25, 0.3) is 5.91 Å². The molecule has 2 atom stereocenters. The van der Waals surface area contributed by atoms with Gasteiger partial charge in [0.1, 0.15) is 5.75 Å². The maximum atomic E-state index is 12.3. The highest BCUT2D eigenvalue weighted by atomic mass is 16.5. The fraction of sp³-hybridized carbons (Fsp3) is 0.529. The van der Waals surface area contributed by atoms with Crippen molar-refractivity contribution in [1.29, 1.82) is 0 Å².